The van der Waals surface area contributed by atoms with Gasteiger partial charge in [-0.3, -0.25) is 4.79 Å². The molecule has 0 spiro atoms. The van der Waals surface area contributed by atoms with Crippen LogP contribution in [-0.4, -0.2) is 41.8 Å². The van der Waals surface area contributed by atoms with E-state index in [-0.39, 0.29) is 0 Å². The monoisotopic (exact) mass is 271 g/mol. The fourth-order valence-corrected chi connectivity index (χ4v) is 2.69. The third kappa shape index (κ3) is 2.18. The lowest BCUT2D eigenvalue weighted by Crippen LogP contribution is -2.49. The van der Waals surface area contributed by atoms with Gasteiger partial charge in [-0.25, -0.2) is 0 Å². The van der Waals surface area contributed by atoms with Crippen LogP contribution >= 0.6 is 0 Å². The Morgan fingerprint density at radius 3 is 3.05 bits per heavy atom. The van der Waals surface area contributed by atoms with E-state index < -0.39 is 5.91 Å². The minimum atomic E-state index is -0.476. The van der Waals surface area contributed by atoms with Crippen molar-refractivity contribution in [2.24, 2.45) is 5.73 Å². The van der Waals surface area contributed by atoms with E-state index in [1.165, 1.54) is 0 Å². The Kier molecular flexibility index (Phi) is 3.23. The molecular formula is C14H17N5O. The third-order valence-electron chi connectivity index (χ3n) is 3.63. The second-order valence-corrected chi connectivity index (χ2v) is 5.09. The summed E-state index contributed by atoms with van der Waals surface area (Å²) in [5.74, 6) is -0.476. The van der Waals surface area contributed by atoms with Gasteiger partial charge < -0.3 is 16.0 Å². The molecule has 0 unspecified atom stereocenters. The lowest BCUT2D eigenvalue weighted by Gasteiger charge is -2.34. The summed E-state index contributed by atoms with van der Waals surface area (Å²) < 4.78 is 0. The van der Waals surface area contributed by atoms with Crippen molar-refractivity contribution < 1.29 is 4.79 Å². The Bertz CT molecular complexity index is 657. The summed E-state index contributed by atoms with van der Waals surface area (Å²) in [5.41, 5.74) is 7.47. The highest BCUT2D eigenvalue weighted by molar-refractivity contribution is 6.08. The summed E-state index contributed by atoms with van der Waals surface area (Å²) >= 11 is 0. The summed E-state index contributed by atoms with van der Waals surface area (Å²) in [5, 5.41) is 12.3. The van der Waals surface area contributed by atoms with Crippen molar-refractivity contribution >= 4 is 22.5 Å². The number of hydrogen-bond acceptors (Lipinski definition) is 5. The molecule has 1 amide bonds. The molecule has 20 heavy (non-hydrogen) atoms. The molecule has 1 aliphatic rings. The third-order valence-corrected chi connectivity index (χ3v) is 3.63. The van der Waals surface area contributed by atoms with E-state index in [2.05, 4.69) is 27.3 Å². The van der Waals surface area contributed by atoms with E-state index in [0.29, 0.717) is 17.1 Å². The first-order chi connectivity index (χ1) is 9.66. The van der Waals surface area contributed by atoms with Crippen molar-refractivity contribution in [2.45, 2.75) is 13.0 Å². The molecule has 1 aromatic carbocycles. The first-order valence-corrected chi connectivity index (χ1v) is 6.69. The fourth-order valence-electron chi connectivity index (χ4n) is 2.69. The molecule has 2 heterocycles. The molecule has 1 aromatic heterocycles. The fraction of sp³-hybridized carbons (Fsp3) is 0.357. The number of carbonyl (C=O) groups is 1. The van der Waals surface area contributed by atoms with Crippen LogP contribution in [0.2, 0.25) is 0 Å². The number of anilines is 1. The smallest absolute Gasteiger partial charge is 0.250 e. The van der Waals surface area contributed by atoms with Crippen LogP contribution in [0.3, 0.4) is 0 Å². The van der Waals surface area contributed by atoms with Gasteiger partial charge >= 0.3 is 0 Å². The Balaban J connectivity index is 2.12. The Morgan fingerprint density at radius 2 is 2.30 bits per heavy atom. The molecule has 3 N–H and O–H groups in total. The van der Waals surface area contributed by atoms with Gasteiger partial charge in [0.05, 0.1) is 11.8 Å². The second-order valence-electron chi connectivity index (χ2n) is 5.09. The predicted molar refractivity (Wildman–Crippen MR) is 77.7 cm³/mol. The van der Waals surface area contributed by atoms with Crippen LogP contribution in [0.4, 0.5) is 5.69 Å². The molecule has 1 aliphatic heterocycles. The number of piperazine rings is 1. The molecule has 6 heteroatoms. The van der Waals surface area contributed by atoms with Crippen molar-refractivity contribution in [1.82, 2.24) is 15.5 Å². The van der Waals surface area contributed by atoms with E-state index in [1.54, 1.807) is 12.3 Å². The van der Waals surface area contributed by atoms with Gasteiger partial charge in [-0.15, -0.1) is 5.10 Å². The quantitative estimate of drug-likeness (QED) is 0.832. The lowest BCUT2D eigenvalue weighted by molar-refractivity contribution is 0.100. The molecular weight excluding hydrogens is 254 g/mol. The molecule has 0 aliphatic carbocycles. The number of carbonyl (C=O) groups excluding carboxylic acids is 1. The number of rotatable bonds is 2. The Morgan fingerprint density at radius 1 is 1.45 bits per heavy atom. The van der Waals surface area contributed by atoms with Crippen molar-refractivity contribution in [3.8, 4) is 0 Å². The maximum Gasteiger partial charge on any atom is 0.250 e. The van der Waals surface area contributed by atoms with Crippen molar-refractivity contribution in [3.63, 3.8) is 0 Å². The average molecular weight is 271 g/mol. The molecule has 0 saturated carbocycles. The topological polar surface area (TPSA) is 84.1 Å². The van der Waals surface area contributed by atoms with Crippen LogP contribution < -0.4 is 16.0 Å². The number of nitrogens with one attached hydrogen (secondary N) is 1. The van der Waals surface area contributed by atoms with Crippen LogP contribution in [0.1, 0.15) is 17.3 Å². The van der Waals surface area contributed by atoms with E-state index in [9.17, 15) is 4.79 Å². The van der Waals surface area contributed by atoms with E-state index in [1.807, 2.05) is 12.1 Å². The highest BCUT2D eigenvalue weighted by Gasteiger charge is 2.19. The van der Waals surface area contributed by atoms with Gasteiger partial charge in [-0.1, -0.05) is 0 Å². The number of nitrogens with two attached hydrogens (primary N) is 1. The summed E-state index contributed by atoms with van der Waals surface area (Å²) in [7, 11) is 0. The molecule has 1 atom stereocenters. The molecule has 0 radical (unpaired) electrons. The zero-order valence-corrected chi connectivity index (χ0v) is 11.3. The standard InChI is InChI=1S/C14H17N5O/c1-9-8-19(7-6-16-9)12-3-2-11(14(15)20)13-10(12)4-5-17-18-13/h2-5,9,16H,6-8H2,1H3,(H2,15,20)/t9-/m0/s1. The first-order valence-electron chi connectivity index (χ1n) is 6.69. The van der Waals surface area contributed by atoms with Crippen LogP contribution in [-0.2, 0) is 0 Å². The van der Waals surface area contributed by atoms with E-state index >= 15 is 0 Å². The minimum absolute atomic E-state index is 0.417. The summed E-state index contributed by atoms with van der Waals surface area (Å²) in [6.45, 7) is 4.95. The van der Waals surface area contributed by atoms with Gasteiger partial charge in [0.1, 0.15) is 5.52 Å². The van der Waals surface area contributed by atoms with Crippen LogP contribution in [0.25, 0.3) is 10.9 Å². The number of nitrogens with zero attached hydrogens (tertiary/aromatic N) is 3. The molecule has 104 valence electrons. The van der Waals surface area contributed by atoms with Gasteiger partial charge in [0.15, 0.2) is 0 Å². The number of hydrogen-bond donors (Lipinski definition) is 2. The normalized spacial score (nSPS) is 19.2. The predicted octanol–water partition coefficient (Wildman–Crippen LogP) is 0.527. The first kappa shape index (κ1) is 12.8. The van der Waals surface area contributed by atoms with Gasteiger partial charge in [-0.05, 0) is 25.1 Å². The van der Waals surface area contributed by atoms with Crippen molar-refractivity contribution in [1.29, 1.82) is 0 Å². The molecule has 6 nitrogen and oxygen atoms in total. The van der Waals surface area contributed by atoms with Gasteiger partial charge in [0.2, 0.25) is 0 Å². The second kappa shape index (κ2) is 5.05. The average Bonchev–Trinajstić information content (AvgIpc) is 2.46. The van der Waals surface area contributed by atoms with Gasteiger partial charge in [0, 0.05) is 36.7 Å². The lowest BCUT2D eigenvalue weighted by atomic mass is 10.1. The Labute approximate surface area is 117 Å². The number of benzene rings is 1. The number of fused-ring (bicyclic) bond motifs is 1. The number of amides is 1. The van der Waals surface area contributed by atoms with E-state index in [0.717, 1.165) is 30.7 Å². The number of aromatic nitrogens is 2. The van der Waals surface area contributed by atoms with Crippen LogP contribution in [0, 0.1) is 0 Å². The minimum Gasteiger partial charge on any atom is -0.368 e. The Hall–Kier alpha value is -2.21. The molecule has 1 saturated heterocycles. The molecule has 1 fully saturated rings. The summed E-state index contributed by atoms with van der Waals surface area (Å²) in [4.78, 5) is 13.8. The summed E-state index contributed by atoms with van der Waals surface area (Å²) in [6, 6.07) is 6.00. The highest BCUT2D eigenvalue weighted by atomic mass is 16.1. The van der Waals surface area contributed by atoms with Gasteiger partial charge in [-0.2, -0.15) is 5.10 Å². The summed E-state index contributed by atoms with van der Waals surface area (Å²) in [6.07, 6.45) is 1.64. The largest absolute Gasteiger partial charge is 0.368 e. The van der Waals surface area contributed by atoms with Gasteiger partial charge in [0.25, 0.3) is 5.91 Å². The van der Waals surface area contributed by atoms with E-state index in [4.69, 9.17) is 5.73 Å². The maximum atomic E-state index is 11.5. The van der Waals surface area contributed by atoms with Crippen LogP contribution in [0.15, 0.2) is 24.4 Å². The molecule has 0 bridgehead atoms. The zero-order valence-electron chi connectivity index (χ0n) is 11.3. The van der Waals surface area contributed by atoms with Crippen molar-refractivity contribution in [3.05, 3.63) is 30.0 Å². The maximum absolute atomic E-state index is 11.5. The zero-order chi connectivity index (χ0) is 14.1. The molecule has 3 rings (SSSR count). The highest BCUT2D eigenvalue weighted by Crippen LogP contribution is 2.28. The van der Waals surface area contributed by atoms with Crippen LogP contribution in [0.5, 0.6) is 0 Å². The van der Waals surface area contributed by atoms with Crippen molar-refractivity contribution in [2.75, 3.05) is 24.5 Å². The SMILES string of the molecule is C[C@H]1CN(c2ccc(C(N)=O)c3nnccc23)CCN1. The molecule has 2 aromatic rings. The number of primary amides is 1.